The molecule has 0 bridgehead atoms. The fourth-order valence-electron chi connectivity index (χ4n) is 14.9. The summed E-state index contributed by atoms with van der Waals surface area (Å²) in [6.45, 7) is 0. The van der Waals surface area contributed by atoms with Gasteiger partial charge in [0.25, 0.3) is 0 Å². The maximum Gasteiger partial charge on any atom is 0.0619 e. The topological polar surface area (TPSA) is 16.3 Å². The fourth-order valence-corrected chi connectivity index (χ4v) is 14.9. The molecule has 4 heteroatoms. The summed E-state index contributed by atoms with van der Waals surface area (Å²) in [5.74, 6) is 0. The second-order valence-corrected chi connectivity index (χ2v) is 24.7. The molecular formula is C92H62N4. The third kappa shape index (κ3) is 9.61. The molecule has 4 nitrogen and oxygen atoms in total. The zero-order valence-corrected chi connectivity index (χ0v) is 52.6. The summed E-state index contributed by atoms with van der Waals surface area (Å²) in [6, 6.07) is 138. The summed E-state index contributed by atoms with van der Waals surface area (Å²) in [5, 5.41) is 9.46. The molecule has 0 aliphatic rings. The third-order valence-corrected chi connectivity index (χ3v) is 19.2. The third-order valence-electron chi connectivity index (χ3n) is 19.2. The predicted molar refractivity (Wildman–Crippen MR) is 406 cm³/mol. The maximum atomic E-state index is 2.48. The van der Waals surface area contributed by atoms with Crippen molar-refractivity contribution in [1.82, 2.24) is 9.13 Å². The molecule has 96 heavy (non-hydrogen) atoms. The normalized spacial score (nSPS) is 11.5. The van der Waals surface area contributed by atoms with Crippen molar-refractivity contribution < 1.29 is 0 Å². The lowest BCUT2D eigenvalue weighted by atomic mass is 9.91. The Balaban J connectivity index is 0.873. The van der Waals surface area contributed by atoms with Crippen LogP contribution < -0.4 is 9.80 Å². The van der Waals surface area contributed by atoms with Crippen LogP contribution in [0.1, 0.15) is 0 Å². The van der Waals surface area contributed by atoms with E-state index in [0.717, 1.165) is 101 Å². The van der Waals surface area contributed by atoms with Crippen LogP contribution in [0.15, 0.2) is 376 Å². The summed E-state index contributed by atoms with van der Waals surface area (Å²) >= 11 is 0. The Bertz CT molecular complexity index is 5450. The Morgan fingerprint density at radius 1 is 0.198 bits per heavy atom. The molecule has 16 aromatic carbocycles. The van der Waals surface area contributed by atoms with Gasteiger partial charge in [-0.1, -0.05) is 291 Å². The standard InChI is InChI=1S/C92H62N4/c1-9-25-63(26-10-1)65-41-49-75(50-42-65)93(77-53-57-81-85(61-77)95(73-37-21-7-22-38-73)91(71-33-17-5-18-34-71)89(81)67-29-13-3-14-30-67)83-59-47-69-46-56-80-84(60-48-70-45-55-79(83)87(69)88(70)80)94(76-51-43-66(44-52-76)64-27-11-2-12-28-64)78-54-58-82-86(62-78)96(74-39-23-8-24-40-74)92(72-35-19-6-20-36-72)90(82)68-31-15-4-16-32-68/h1-62H. The Hall–Kier alpha value is -12.8. The molecular weight excluding hydrogens is 1160 g/mol. The number of benzene rings is 16. The SMILES string of the molecule is c1ccc(-c2ccc(N(c3ccc4c(-c5ccccc5)c(-c5ccccc5)n(-c5ccccc5)c4c3)c3ccc4ccc5c(N(c6ccc(-c7ccccc7)cc6)c6ccc7c(-c8ccccc8)c(-c8ccccc8)n(-c8ccccc8)c7c6)ccc6ccc3c4c65)cc2)cc1. The summed E-state index contributed by atoms with van der Waals surface area (Å²) in [6.07, 6.45) is 0. The number of aromatic nitrogens is 2. The van der Waals surface area contributed by atoms with Crippen LogP contribution in [0.3, 0.4) is 0 Å². The molecule has 2 heterocycles. The van der Waals surface area contributed by atoms with E-state index in [4.69, 9.17) is 0 Å². The molecule has 18 rings (SSSR count). The number of hydrogen-bond acceptors (Lipinski definition) is 2. The maximum absolute atomic E-state index is 2.48. The second kappa shape index (κ2) is 23.7. The zero-order chi connectivity index (χ0) is 63.5. The van der Waals surface area contributed by atoms with Gasteiger partial charge in [-0.15, -0.1) is 0 Å². The number of anilines is 6. The van der Waals surface area contributed by atoms with Gasteiger partial charge in [0.1, 0.15) is 0 Å². The van der Waals surface area contributed by atoms with Crippen LogP contribution in [0.2, 0.25) is 0 Å². The van der Waals surface area contributed by atoms with E-state index in [1.807, 2.05) is 0 Å². The van der Waals surface area contributed by atoms with E-state index in [1.54, 1.807) is 0 Å². The van der Waals surface area contributed by atoms with Crippen molar-refractivity contribution in [3.63, 3.8) is 0 Å². The lowest BCUT2D eigenvalue weighted by Gasteiger charge is -2.30. The first-order valence-corrected chi connectivity index (χ1v) is 33.0. The van der Waals surface area contributed by atoms with Gasteiger partial charge in [0.15, 0.2) is 0 Å². The number of rotatable bonds is 14. The van der Waals surface area contributed by atoms with E-state index in [2.05, 4.69) is 395 Å². The highest BCUT2D eigenvalue weighted by Gasteiger charge is 2.28. The van der Waals surface area contributed by atoms with Crippen molar-refractivity contribution in [3.8, 4) is 78.4 Å². The van der Waals surface area contributed by atoms with Crippen LogP contribution in [-0.4, -0.2) is 9.13 Å². The van der Waals surface area contributed by atoms with E-state index < -0.39 is 0 Å². The van der Waals surface area contributed by atoms with Crippen molar-refractivity contribution >= 4 is 88.2 Å². The van der Waals surface area contributed by atoms with Crippen molar-refractivity contribution in [2.24, 2.45) is 0 Å². The van der Waals surface area contributed by atoms with Crippen LogP contribution in [0.4, 0.5) is 34.1 Å². The first-order valence-electron chi connectivity index (χ1n) is 33.0. The zero-order valence-electron chi connectivity index (χ0n) is 52.6. The molecule has 0 aliphatic carbocycles. The summed E-state index contributed by atoms with van der Waals surface area (Å²) in [7, 11) is 0. The quantitative estimate of drug-likeness (QED) is 0.101. The Labute approximate surface area is 558 Å². The molecule has 0 saturated heterocycles. The lowest BCUT2D eigenvalue weighted by molar-refractivity contribution is 1.13. The smallest absolute Gasteiger partial charge is 0.0619 e. The monoisotopic (exact) mass is 1220 g/mol. The van der Waals surface area contributed by atoms with Crippen LogP contribution in [0, 0.1) is 0 Å². The van der Waals surface area contributed by atoms with Gasteiger partial charge in [0.05, 0.1) is 33.8 Å². The predicted octanol–water partition coefficient (Wildman–Crippen LogP) is 25.4. The summed E-state index contributed by atoms with van der Waals surface area (Å²) in [5.41, 5.74) is 24.8. The molecule has 0 atom stereocenters. The molecule has 2 aromatic heterocycles. The Kier molecular flexibility index (Phi) is 13.8. The number of fused-ring (bicyclic) bond motifs is 2. The van der Waals surface area contributed by atoms with Crippen LogP contribution >= 0.6 is 0 Å². The van der Waals surface area contributed by atoms with Gasteiger partial charge >= 0.3 is 0 Å². The van der Waals surface area contributed by atoms with Crippen molar-refractivity contribution in [3.05, 3.63) is 376 Å². The van der Waals surface area contributed by atoms with Crippen LogP contribution in [-0.2, 0) is 0 Å². The molecule has 0 radical (unpaired) electrons. The lowest BCUT2D eigenvalue weighted by Crippen LogP contribution is -2.12. The van der Waals surface area contributed by atoms with Crippen molar-refractivity contribution in [2.75, 3.05) is 9.80 Å². The van der Waals surface area contributed by atoms with E-state index in [0.29, 0.717) is 0 Å². The van der Waals surface area contributed by atoms with Crippen LogP contribution in [0.25, 0.3) is 133 Å². The molecule has 0 amide bonds. The molecule has 0 spiro atoms. The number of nitrogens with zero attached hydrogens (tertiary/aromatic N) is 4. The minimum Gasteiger partial charge on any atom is -0.310 e. The van der Waals surface area contributed by atoms with E-state index in [1.165, 1.54) is 65.7 Å². The molecule has 0 N–H and O–H groups in total. The number of para-hydroxylation sites is 2. The first kappa shape index (κ1) is 56.0. The number of hydrogen-bond donors (Lipinski definition) is 0. The Morgan fingerprint density at radius 3 is 0.812 bits per heavy atom. The highest BCUT2D eigenvalue weighted by atomic mass is 15.2. The van der Waals surface area contributed by atoms with Crippen molar-refractivity contribution in [1.29, 1.82) is 0 Å². The van der Waals surface area contributed by atoms with Crippen LogP contribution in [0.5, 0.6) is 0 Å². The molecule has 0 saturated carbocycles. The van der Waals surface area contributed by atoms with E-state index >= 15 is 0 Å². The Morgan fingerprint density at radius 2 is 0.469 bits per heavy atom. The fraction of sp³-hybridized carbons (Fsp3) is 0. The molecule has 450 valence electrons. The van der Waals surface area contributed by atoms with Gasteiger partial charge in [-0.3, -0.25) is 0 Å². The minimum atomic E-state index is 1.05. The average Bonchev–Trinajstić information content (AvgIpc) is 1.20. The van der Waals surface area contributed by atoms with E-state index in [-0.39, 0.29) is 0 Å². The summed E-state index contributed by atoms with van der Waals surface area (Å²) < 4.78 is 4.95. The molecule has 18 aromatic rings. The van der Waals surface area contributed by atoms with Gasteiger partial charge in [0.2, 0.25) is 0 Å². The first-order chi connectivity index (χ1) is 47.7. The minimum absolute atomic E-state index is 1.05. The van der Waals surface area contributed by atoms with Gasteiger partial charge in [-0.25, -0.2) is 0 Å². The van der Waals surface area contributed by atoms with E-state index in [9.17, 15) is 0 Å². The van der Waals surface area contributed by atoms with Gasteiger partial charge in [-0.05, 0) is 151 Å². The van der Waals surface area contributed by atoms with Gasteiger partial charge in [0, 0.05) is 66.8 Å². The second-order valence-electron chi connectivity index (χ2n) is 24.7. The highest BCUT2D eigenvalue weighted by molar-refractivity contribution is 6.28. The highest BCUT2D eigenvalue weighted by Crippen LogP contribution is 2.52. The largest absolute Gasteiger partial charge is 0.310 e. The van der Waals surface area contributed by atoms with Crippen molar-refractivity contribution in [2.45, 2.75) is 0 Å². The van der Waals surface area contributed by atoms with Gasteiger partial charge < -0.3 is 18.9 Å². The summed E-state index contributed by atoms with van der Waals surface area (Å²) in [4.78, 5) is 4.97. The average molecular weight is 1220 g/mol. The molecule has 0 unspecified atom stereocenters. The van der Waals surface area contributed by atoms with Gasteiger partial charge in [-0.2, -0.15) is 0 Å². The molecule has 0 aliphatic heterocycles. The molecule has 0 fully saturated rings.